The van der Waals surface area contributed by atoms with Crippen molar-refractivity contribution in [3.05, 3.63) is 29.8 Å². The van der Waals surface area contributed by atoms with Crippen LogP contribution >= 0.6 is 0 Å². The van der Waals surface area contributed by atoms with Gasteiger partial charge >= 0.3 is 0 Å². The van der Waals surface area contributed by atoms with Gasteiger partial charge in [0, 0.05) is 11.7 Å². The summed E-state index contributed by atoms with van der Waals surface area (Å²) in [6.07, 6.45) is 5.42. The molecule has 1 aromatic carbocycles. The molecule has 4 nitrogen and oxygen atoms in total. The van der Waals surface area contributed by atoms with Gasteiger partial charge in [-0.1, -0.05) is 31.9 Å². The number of nitrogens with one attached hydrogen (secondary N) is 1. The van der Waals surface area contributed by atoms with Crippen LogP contribution in [0.25, 0.3) is 0 Å². The van der Waals surface area contributed by atoms with Gasteiger partial charge in [0.1, 0.15) is 0 Å². The number of likely N-dealkylation sites (tertiary alicyclic amines) is 1. The van der Waals surface area contributed by atoms with Gasteiger partial charge in [-0.15, -0.1) is 0 Å². The van der Waals surface area contributed by atoms with Crippen LogP contribution in [0.2, 0.25) is 0 Å². The Bertz CT molecular complexity index is 445. The first kappa shape index (κ1) is 16.0. The molecule has 1 fully saturated rings. The van der Waals surface area contributed by atoms with Crippen LogP contribution in [-0.4, -0.2) is 41.7 Å². The summed E-state index contributed by atoms with van der Waals surface area (Å²) in [6.45, 7) is 3.51. The average Bonchev–Trinajstić information content (AvgIpc) is 2.73. The monoisotopic (exact) mass is 290 g/mol. The molecular weight excluding hydrogens is 264 g/mol. The van der Waals surface area contributed by atoms with E-state index in [4.69, 9.17) is 0 Å². The van der Waals surface area contributed by atoms with Gasteiger partial charge in [0.2, 0.25) is 5.91 Å². The zero-order chi connectivity index (χ0) is 15.1. The van der Waals surface area contributed by atoms with Gasteiger partial charge in [-0.05, 0) is 43.5 Å². The molecule has 0 aromatic heterocycles. The number of aliphatic hydroxyl groups excluding tert-OH is 1. The Balaban J connectivity index is 1.89. The van der Waals surface area contributed by atoms with Crippen LogP contribution in [-0.2, 0) is 11.2 Å². The summed E-state index contributed by atoms with van der Waals surface area (Å²) < 4.78 is 0. The van der Waals surface area contributed by atoms with E-state index < -0.39 is 0 Å². The number of amides is 1. The fourth-order valence-corrected chi connectivity index (χ4v) is 2.86. The lowest BCUT2D eigenvalue weighted by molar-refractivity contribution is -0.118. The minimum atomic E-state index is -0.000372. The van der Waals surface area contributed by atoms with Crippen molar-refractivity contribution in [1.29, 1.82) is 0 Å². The maximum Gasteiger partial charge on any atom is 0.238 e. The second-order valence-electron chi connectivity index (χ2n) is 5.75. The smallest absolute Gasteiger partial charge is 0.238 e. The topological polar surface area (TPSA) is 52.6 Å². The van der Waals surface area contributed by atoms with E-state index in [9.17, 15) is 9.90 Å². The molecular formula is C17H26N2O2. The van der Waals surface area contributed by atoms with E-state index in [0.717, 1.165) is 37.9 Å². The Labute approximate surface area is 127 Å². The van der Waals surface area contributed by atoms with Gasteiger partial charge in [-0.3, -0.25) is 9.69 Å². The lowest BCUT2D eigenvalue weighted by Crippen LogP contribution is -2.42. The van der Waals surface area contributed by atoms with Crippen molar-refractivity contribution >= 4 is 11.6 Å². The Morgan fingerprint density at radius 1 is 1.29 bits per heavy atom. The second kappa shape index (κ2) is 8.15. The van der Waals surface area contributed by atoms with E-state index in [1.807, 2.05) is 24.3 Å². The first-order valence-electron chi connectivity index (χ1n) is 7.96. The molecule has 0 aliphatic carbocycles. The molecule has 1 aliphatic rings. The highest BCUT2D eigenvalue weighted by atomic mass is 16.3. The SMILES string of the molecule is CCc1ccc(NC(=O)CN2CCCCCC2CO)cc1. The molecule has 0 bridgehead atoms. The summed E-state index contributed by atoms with van der Waals surface area (Å²) in [5.74, 6) is -0.000372. The minimum Gasteiger partial charge on any atom is -0.395 e. The molecule has 0 saturated carbocycles. The van der Waals surface area contributed by atoms with Crippen LogP contribution in [0.1, 0.15) is 38.2 Å². The second-order valence-corrected chi connectivity index (χ2v) is 5.75. The summed E-state index contributed by atoms with van der Waals surface area (Å²) in [5, 5.41) is 12.4. The van der Waals surface area contributed by atoms with E-state index in [-0.39, 0.29) is 18.6 Å². The number of benzene rings is 1. The van der Waals surface area contributed by atoms with Gasteiger partial charge < -0.3 is 10.4 Å². The van der Waals surface area contributed by atoms with Crippen molar-refractivity contribution in [3.8, 4) is 0 Å². The molecule has 1 aromatic rings. The van der Waals surface area contributed by atoms with Crippen LogP contribution < -0.4 is 5.32 Å². The molecule has 1 saturated heterocycles. The lowest BCUT2D eigenvalue weighted by atomic mass is 10.1. The maximum atomic E-state index is 12.2. The summed E-state index contributed by atoms with van der Waals surface area (Å²) >= 11 is 0. The highest BCUT2D eigenvalue weighted by Crippen LogP contribution is 2.16. The van der Waals surface area contributed by atoms with Crippen molar-refractivity contribution in [2.75, 3.05) is 25.0 Å². The Hall–Kier alpha value is -1.39. The predicted octanol–water partition coefficient (Wildman–Crippen LogP) is 2.42. The number of aryl methyl sites for hydroxylation is 1. The molecule has 2 N–H and O–H groups in total. The van der Waals surface area contributed by atoms with E-state index in [0.29, 0.717) is 6.54 Å². The molecule has 1 heterocycles. The van der Waals surface area contributed by atoms with Crippen molar-refractivity contribution < 1.29 is 9.90 Å². The van der Waals surface area contributed by atoms with E-state index in [1.54, 1.807) is 0 Å². The van der Waals surface area contributed by atoms with E-state index in [2.05, 4.69) is 17.1 Å². The molecule has 21 heavy (non-hydrogen) atoms. The average molecular weight is 290 g/mol. The molecule has 1 atom stereocenters. The third-order valence-electron chi connectivity index (χ3n) is 4.20. The van der Waals surface area contributed by atoms with Crippen LogP contribution in [0, 0.1) is 0 Å². The Morgan fingerprint density at radius 2 is 2.05 bits per heavy atom. The van der Waals surface area contributed by atoms with Crippen molar-refractivity contribution in [1.82, 2.24) is 4.90 Å². The third kappa shape index (κ3) is 4.83. The molecule has 1 aliphatic heterocycles. The number of hydrogen-bond acceptors (Lipinski definition) is 3. The minimum absolute atomic E-state index is 0.000372. The van der Waals surface area contributed by atoms with Crippen molar-refractivity contribution in [2.45, 2.75) is 45.1 Å². The molecule has 0 radical (unpaired) electrons. The highest BCUT2D eigenvalue weighted by Gasteiger charge is 2.22. The number of rotatable bonds is 5. The standard InChI is InChI=1S/C17H26N2O2/c1-2-14-7-9-15(10-8-14)18-17(21)12-19-11-5-3-4-6-16(19)13-20/h7-10,16,20H,2-6,11-13H2,1H3,(H,18,21). The van der Waals surface area contributed by atoms with Gasteiger partial charge in [0.25, 0.3) is 0 Å². The summed E-state index contributed by atoms with van der Waals surface area (Å²) in [4.78, 5) is 14.3. The summed E-state index contributed by atoms with van der Waals surface area (Å²) in [6, 6.07) is 8.10. The number of anilines is 1. The van der Waals surface area contributed by atoms with Crippen LogP contribution in [0.4, 0.5) is 5.69 Å². The summed E-state index contributed by atoms with van der Waals surface area (Å²) in [5.41, 5.74) is 2.11. The predicted molar refractivity (Wildman–Crippen MR) is 85.4 cm³/mol. The Morgan fingerprint density at radius 3 is 2.71 bits per heavy atom. The van der Waals surface area contributed by atoms with E-state index >= 15 is 0 Å². The largest absolute Gasteiger partial charge is 0.395 e. The van der Waals surface area contributed by atoms with Crippen LogP contribution in [0.5, 0.6) is 0 Å². The zero-order valence-corrected chi connectivity index (χ0v) is 12.8. The number of carbonyl (C=O) groups excluding carboxylic acids is 1. The van der Waals surface area contributed by atoms with Gasteiger partial charge in [0.05, 0.1) is 13.2 Å². The van der Waals surface area contributed by atoms with Gasteiger partial charge in [-0.2, -0.15) is 0 Å². The van der Waals surface area contributed by atoms with Crippen LogP contribution in [0.3, 0.4) is 0 Å². The first-order valence-corrected chi connectivity index (χ1v) is 7.96. The van der Waals surface area contributed by atoms with E-state index in [1.165, 1.54) is 12.0 Å². The molecule has 116 valence electrons. The molecule has 4 heteroatoms. The number of carbonyl (C=O) groups is 1. The first-order chi connectivity index (χ1) is 10.2. The Kier molecular flexibility index (Phi) is 6.21. The lowest BCUT2D eigenvalue weighted by Gasteiger charge is -2.27. The number of aliphatic hydroxyl groups is 1. The normalized spacial score (nSPS) is 20.0. The van der Waals surface area contributed by atoms with Crippen LogP contribution in [0.15, 0.2) is 24.3 Å². The quantitative estimate of drug-likeness (QED) is 0.875. The highest BCUT2D eigenvalue weighted by molar-refractivity contribution is 5.92. The fourth-order valence-electron chi connectivity index (χ4n) is 2.86. The number of hydrogen-bond donors (Lipinski definition) is 2. The molecule has 2 rings (SSSR count). The maximum absolute atomic E-state index is 12.2. The molecule has 1 unspecified atom stereocenters. The fraction of sp³-hybridized carbons (Fsp3) is 0.588. The summed E-state index contributed by atoms with van der Waals surface area (Å²) in [7, 11) is 0. The van der Waals surface area contributed by atoms with Crippen molar-refractivity contribution in [3.63, 3.8) is 0 Å². The zero-order valence-electron chi connectivity index (χ0n) is 12.8. The third-order valence-corrected chi connectivity index (χ3v) is 4.20. The number of nitrogens with zero attached hydrogens (tertiary/aromatic N) is 1. The van der Waals surface area contributed by atoms with Gasteiger partial charge in [0.15, 0.2) is 0 Å². The van der Waals surface area contributed by atoms with Gasteiger partial charge in [-0.25, -0.2) is 0 Å². The molecule has 1 amide bonds. The molecule has 0 spiro atoms. The van der Waals surface area contributed by atoms with Crippen molar-refractivity contribution in [2.24, 2.45) is 0 Å².